The maximum absolute atomic E-state index is 13.0. The molecule has 3 aromatic carbocycles. The monoisotopic (exact) mass is 521 g/mol. The summed E-state index contributed by atoms with van der Waals surface area (Å²) in [5, 5.41) is 8.69. The van der Waals surface area contributed by atoms with E-state index in [9.17, 15) is 9.59 Å². The van der Waals surface area contributed by atoms with Gasteiger partial charge in [0, 0.05) is 32.1 Å². The van der Waals surface area contributed by atoms with Gasteiger partial charge in [-0.3, -0.25) is 9.59 Å². The highest BCUT2D eigenvalue weighted by Crippen LogP contribution is 2.30. The molecule has 0 radical (unpaired) electrons. The van der Waals surface area contributed by atoms with E-state index in [4.69, 9.17) is 11.6 Å². The molecule has 0 saturated carbocycles. The van der Waals surface area contributed by atoms with Crippen LogP contribution < -0.4 is 10.6 Å². The quantitative estimate of drug-likeness (QED) is 0.235. The predicted octanol–water partition coefficient (Wildman–Crippen LogP) is 7.53. The van der Waals surface area contributed by atoms with Crippen LogP contribution in [0.5, 0.6) is 0 Å². The molecule has 2 N–H and O–H groups in total. The summed E-state index contributed by atoms with van der Waals surface area (Å²) in [6.07, 6.45) is 0.645. The van der Waals surface area contributed by atoms with E-state index >= 15 is 0 Å². The summed E-state index contributed by atoms with van der Waals surface area (Å²) in [4.78, 5) is 31.0. The molecule has 178 valence electrons. The van der Waals surface area contributed by atoms with Crippen LogP contribution in [0.25, 0.3) is 11.3 Å². The molecule has 4 rings (SSSR count). The number of thioether (sulfide) groups is 1. The second-order valence-corrected chi connectivity index (χ2v) is 10.5. The lowest BCUT2D eigenvalue weighted by Gasteiger charge is -2.14. The molecule has 1 unspecified atom stereocenters. The van der Waals surface area contributed by atoms with Crippen molar-refractivity contribution in [3.63, 3.8) is 0 Å². The summed E-state index contributed by atoms with van der Waals surface area (Å²) in [6, 6.07) is 22.4. The zero-order valence-corrected chi connectivity index (χ0v) is 21.6. The van der Waals surface area contributed by atoms with E-state index < -0.39 is 0 Å². The molecule has 0 aliphatic heterocycles. The average Bonchev–Trinajstić information content (AvgIpc) is 3.32. The third-order valence-corrected chi connectivity index (χ3v) is 7.59. The number of rotatable bonds is 8. The summed E-state index contributed by atoms with van der Waals surface area (Å²) in [5.74, 6) is -0.277. The SMILES string of the molecule is CCC(Sc1cccc(NC(=O)c2ccc(C)cc2)c1)C(=O)Nc1nc(-c2ccc(Cl)cc2)cs1. The van der Waals surface area contributed by atoms with Crippen LogP contribution >= 0.6 is 34.7 Å². The van der Waals surface area contributed by atoms with E-state index in [-0.39, 0.29) is 17.1 Å². The summed E-state index contributed by atoms with van der Waals surface area (Å²) in [7, 11) is 0. The lowest BCUT2D eigenvalue weighted by atomic mass is 10.1. The minimum Gasteiger partial charge on any atom is -0.322 e. The molecule has 2 amide bonds. The van der Waals surface area contributed by atoms with Crippen molar-refractivity contribution in [2.45, 2.75) is 30.4 Å². The first-order chi connectivity index (χ1) is 16.9. The third-order valence-electron chi connectivity index (χ3n) is 5.22. The van der Waals surface area contributed by atoms with Gasteiger partial charge in [-0.2, -0.15) is 0 Å². The molecule has 8 heteroatoms. The Kier molecular flexibility index (Phi) is 8.23. The number of anilines is 2. The first-order valence-electron chi connectivity index (χ1n) is 11.1. The van der Waals surface area contributed by atoms with Crippen molar-refractivity contribution in [2.75, 3.05) is 10.6 Å². The van der Waals surface area contributed by atoms with Crippen molar-refractivity contribution >= 4 is 57.3 Å². The van der Waals surface area contributed by atoms with Gasteiger partial charge >= 0.3 is 0 Å². The van der Waals surface area contributed by atoms with Crippen molar-refractivity contribution in [3.05, 3.63) is 94.3 Å². The molecule has 0 aliphatic rings. The Morgan fingerprint density at radius 1 is 1.03 bits per heavy atom. The van der Waals surface area contributed by atoms with E-state index in [1.54, 1.807) is 12.1 Å². The Labute approximate surface area is 218 Å². The fraction of sp³-hybridized carbons (Fsp3) is 0.148. The molecule has 1 aromatic heterocycles. The molecule has 0 saturated heterocycles. The molecule has 35 heavy (non-hydrogen) atoms. The molecule has 0 aliphatic carbocycles. The topological polar surface area (TPSA) is 71.1 Å². The zero-order valence-electron chi connectivity index (χ0n) is 19.2. The summed E-state index contributed by atoms with van der Waals surface area (Å²) >= 11 is 8.81. The van der Waals surface area contributed by atoms with Gasteiger partial charge in [0.25, 0.3) is 5.91 Å². The maximum Gasteiger partial charge on any atom is 0.255 e. The van der Waals surface area contributed by atoms with E-state index in [1.165, 1.54) is 23.1 Å². The highest BCUT2D eigenvalue weighted by Gasteiger charge is 2.20. The Balaban J connectivity index is 1.39. The van der Waals surface area contributed by atoms with Crippen molar-refractivity contribution in [1.29, 1.82) is 0 Å². The van der Waals surface area contributed by atoms with Crippen LogP contribution in [0.4, 0.5) is 10.8 Å². The number of hydrogen-bond donors (Lipinski definition) is 2. The van der Waals surface area contributed by atoms with Gasteiger partial charge in [0.15, 0.2) is 5.13 Å². The van der Waals surface area contributed by atoms with Gasteiger partial charge in [0.1, 0.15) is 0 Å². The van der Waals surface area contributed by atoms with Crippen LogP contribution in [-0.2, 0) is 4.79 Å². The average molecular weight is 522 g/mol. The number of aryl methyl sites for hydroxylation is 1. The van der Waals surface area contributed by atoms with E-state index in [0.29, 0.717) is 27.8 Å². The minimum atomic E-state index is -0.305. The number of nitrogens with zero attached hydrogens (tertiary/aromatic N) is 1. The van der Waals surface area contributed by atoms with Gasteiger partial charge in [-0.25, -0.2) is 4.98 Å². The number of benzene rings is 3. The standard InChI is InChI=1S/C27H24ClN3O2S2/c1-3-24(26(33)31-27-30-23(16-34-27)18-11-13-20(28)14-12-18)35-22-6-4-5-21(15-22)29-25(32)19-9-7-17(2)8-10-19/h4-16,24H,3H2,1-2H3,(H,29,32)(H,30,31,33). The van der Waals surface area contributed by atoms with Gasteiger partial charge in [0.05, 0.1) is 10.9 Å². The van der Waals surface area contributed by atoms with E-state index in [2.05, 4.69) is 15.6 Å². The fourth-order valence-corrected chi connectivity index (χ4v) is 5.17. The second kappa shape index (κ2) is 11.5. The number of carbonyl (C=O) groups is 2. The number of aromatic nitrogens is 1. The normalized spacial score (nSPS) is 11.6. The zero-order chi connectivity index (χ0) is 24.8. The van der Waals surface area contributed by atoms with Crippen LogP contribution in [0.1, 0.15) is 29.3 Å². The van der Waals surface area contributed by atoms with Crippen molar-refractivity contribution < 1.29 is 9.59 Å². The molecule has 0 bridgehead atoms. The Hall–Kier alpha value is -3.13. The van der Waals surface area contributed by atoms with E-state index in [0.717, 1.165) is 21.7 Å². The second-order valence-electron chi connectivity index (χ2n) is 7.90. The predicted molar refractivity (Wildman–Crippen MR) is 147 cm³/mol. The highest BCUT2D eigenvalue weighted by atomic mass is 35.5. The first-order valence-corrected chi connectivity index (χ1v) is 13.2. The third kappa shape index (κ3) is 6.72. The Bertz CT molecular complexity index is 1320. The largest absolute Gasteiger partial charge is 0.322 e. The number of halogens is 1. The molecule has 5 nitrogen and oxygen atoms in total. The molecule has 0 fully saturated rings. The van der Waals surface area contributed by atoms with Crippen LogP contribution in [0.2, 0.25) is 5.02 Å². The number of amides is 2. The minimum absolute atomic E-state index is 0.108. The fourth-order valence-electron chi connectivity index (χ4n) is 3.31. The van der Waals surface area contributed by atoms with Crippen LogP contribution in [-0.4, -0.2) is 22.0 Å². The first kappa shape index (κ1) is 25.0. The van der Waals surface area contributed by atoms with Gasteiger partial charge in [-0.15, -0.1) is 23.1 Å². The summed E-state index contributed by atoms with van der Waals surface area (Å²) in [5.41, 5.74) is 4.11. The molecular weight excluding hydrogens is 498 g/mol. The molecule has 4 aromatic rings. The highest BCUT2D eigenvalue weighted by molar-refractivity contribution is 8.00. The van der Waals surface area contributed by atoms with Crippen LogP contribution in [0.15, 0.2) is 83.1 Å². The van der Waals surface area contributed by atoms with Gasteiger partial charge in [-0.05, 0) is 55.8 Å². The smallest absolute Gasteiger partial charge is 0.255 e. The van der Waals surface area contributed by atoms with E-state index in [1.807, 2.05) is 79.9 Å². The van der Waals surface area contributed by atoms with Gasteiger partial charge in [-0.1, -0.05) is 54.4 Å². The lowest BCUT2D eigenvalue weighted by molar-refractivity contribution is -0.115. The molecule has 1 heterocycles. The van der Waals surface area contributed by atoms with Gasteiger partial charge < -0.3 is 10.6 Å². The lowest BCUT2D eigenvalue weighted by Crippen LogP contribution is -2.24. The van der Waals surface area contributed by atoms with Crippen molar-refractivity contribution in [3.8, 4) is 11.3 Å². The maximum atomic E-state index is 13.0. The van der Waals surface area contributed by atoms with Crippen LogP contribution in [0.3, 0.4) is 0 Å². The number of thiazole rings is 1. The summed E-state index contributed by atoms with van der Waals surface area (Å²) < 4.78 is 0. The van der Waals surface area contributed by atoms with Crippen LogP contribution in [0, 0.1) is 6.92 Å². The number of nitrogens with one attached hydrogen (secondary N) is 2. The Morgan fingerprint density at radius 3 is 2.49 bits per heavy atom. The number of hydrogen-bond acceptors (Lipinski definition) is 5. The van der Waals surface area contributed by atoms with Crippen molar-refractivity contribution in [2.24, 2.45) is 0 Å². The number of carbonyl (C=O) groups excluding carboxylic acids is 2. The Morgan fingerprint density at radius 2 is 1.77 bits per heavy atom. The molecule has 0 spiro atoms. The molecule has 1 atom stereocenters. The molecular formula is C27H24ClN3O2S2. The summed E-state index contributed by atoms with van der Waals surface area (Å²) in [6.45, 7) is 3.96. The van der Waals surface area contributed by atoms with Crippen molar-refractivity contribution in [1.82, 2.24) is 4.98 Å². The van der Waals surface area contributed by atoms with Gasteiger partial charge in [0.2, 0.25) is 5.91 Å².